The van der Waals surface area contributed by atoms with Crippen LogP contribution in [0.15, 0.2) is 66.9 Å². The summed E-state index contributed by atoms with van der Waals surface area (Å²) in [6.07, 6.45) is 0. The van der Waals surface area contributed by atoms with Gasteiger partial charge < -0.3 is 4.84 Å². The summed E-state index contributed by atoms with van der Waals surface area (Å²) in [5, 5.41) is 0. The minimum absolute atomic E-state index is 0.169. The van der Waals surface area contributed by atoms with E-state index in [4.69, 9.17) is 4.84 Å². The first-order chi connectivity index (χ1) is 10.4. The van der Waals surface area contributed by atoms with Gasteiger partial charge in [-0.05, 0) is 23.3 Å². The van der Waals surface area contributed by atoms with Crippen molar-refractivity contribution in [3.05, 3.63) is 72.4 Å². The second-order valence-electron chi connectivity index (χ2n) is 6.16. The number of rotatable bonds is 4. The van der Waals surface area contributed by atoms with Crippen LogP contribution < -0.4 is 5.48 Å². The van der Waals surface area contributed by atoms with Crippen LogP contribution >= 0.6 is 0 Å². The number of carbonyl (C=O) groups is 1. The zero-order valence-electron chi connectivity index (χ0n) is 13.2. The normalized spacial score (nSPS) is 10.9. The van der Waals surface area contributed by atoms with E-state index in [0.29, 0.717) is 11.3 Å². The summed E-state index contributed by atoms with van der Waals surface area (Å²) in [6, 6.07) is 17.3. The number of nitrogens with one attached hydrogen (secondary N) is 1. The molecule has 0 atom stereocenters. The molecule has 3 heteroatoms. The lowest BCUT2D eigenvalue weighted by Crippen LogP contribution is -2.26. The van der Waals surface area contributed by atoms with E-state index in [1.54, 1.807) is 12.1 Å². The maximum absolute atomic E-state index is 12.0. The van der Waals surface area contributed by atoms with Crippen LogP contribution in [-0.2, 0) is 4.84 Å². The SMILES string of the molecule is C=C(NOC(=O)c1ccc(-c2ccccc2)cc1)C(C)(C)C. The van der Waals surface area contributed by atoms with E-state index in [-0.39, 0.29) is 5.41 Å². The Bertz CT molecular complexity index is 652. The Kier molecular flexibility index (Phi) is 4.66. The molecule has 0 fully saturated rings. The number of benzene rings is 2. The lowest BCUT2D eigenvalue weighted by Gasteiger charge is -2.21. The van der Waals surface area contributed by atoms with Crippen molar-refractivity contribution >= 4 is 5.97 Å². The van der Waals surface area contributed by atoms with Crippen LogP contribution in [0.5, 0.6) is 0 Å². The van der Waals surface area contributed by atoms with Gasteiger partial charge in [-0.1, -0.05) is 69.8 Å². The van der Waals surface area contributed by atoms with Crippen LogP contribution in [0.4, 0.5) is 0 Å². The summed E-state index contributed by atoms with van der Waals surface area (Å²) in [6.45, 7) is 9.83. The molecular weight excluding hydrogens is 274 g/mol. The second-order valence-corrected chi connectivity index (χ2v) is 6.16. The first-order valence-corrected chi connectivity index (χ1v) is 7.20. The quantitative estimate of drug-likeness (QED) is 0.839. The molecule has 2 aromatic carbocycles. The monoisotopic (exact) mass is 295 g/mol. The molecular formula is C19H21NO2. The highest BCUT2D eigenvalue weighted by Crippen LogP contribution is 2.22. The van der Waals surface area contributed by atoms with Gasteiger partial charge in [0, 0.05) is 11.1 Å². The predicted molar refractivity (Wildman–Crippen MR) is 89.0 cm³/mol. The topological polar surface area (TPSA) is 38.3 Å². The van der Waals surface area contributed by atoms with Crippen LogP contribution in [-0.4, -0.2) is 5.97 Å². The first kappa shape index (κ1) is 15.8. The van der Waals surface area contributed by atoms with Crippen LogP contribution in [0.2, 0.25) is 0 Å². The summed E-state index contributed by atoms with van der Waals surface area (Å²) in [4.78, 5) is 17.1. The molecule has 0 unspecified atom stereocenters. The summed E-state index contributed by atoms with van der Waals surface area (Å²) >= 11 is 0. The third kappa shape index (κ3) is 3.98. The maximum atomic E-state index is 12.0. The molecule has 0 heterocycles. The van der Waals surface area contributed by atoms with Crippen molar-refractivity contribution < 1.29 is 9.63 Å². The zero-order chi connectivity index (χ0) is 16.2. The highest BCUT2D eigenvalue weighted by Gasteiger charge is 2.17. The van der Waals surface area contributed by atoms with Gasteiger partial charge in [0.1, 0.15) is 0 Å². The van der Waals surface area contributed by atoms with Gasteiger partial charge in [-0.15, -0.1) is 0 Å². The molecule has 0 spiro atoms. The molecule has 1 N–H and O–H groups in total. The Morgan fingerprint density at radius 2 is 1.50 bits per heavy atom. The van der Waals surface area contributed by atoms with Gasteiger partial charge >= 0.3 is 5.97 Å². The van der Waals surface area contributed by atoms with Crippen molar-refractivity contribution in [1.29, 1.82) is 0 Å². The molecule has 2 aromatic rings. The molecule has 0 amide bonds. The average molecular weight is 295 g/mol. The molecule has 0 saturated heterocycles. The number of carbonyl (C=O) groups excluding carboxylic acids is 1. The Hall–Kier alpha value is -2.55. The lowest BCUT2D eigenvalue weighted by molar-refractivity contribution is 0.0288. The van der Waals surface area contributed by atoms with Crippen molar-refractivity contribution in [3.8, 4) is 11.1 Å². The zero-order valence-corrected chi connectivity index (χ0v) is 13.2. The van der Waals surface area contributed by atoms with Crippen molar-refractivity contribution in [1.82, 2.24) is 5.48 Å². The summed E-state index contributed by atoms with van der Waals surface area (Å²) in [7, 11) is 0. The minimum Gasteiger partial charge on any atom is -0.338 e. The third-order valence-electron chi connectivity index (χ3n) is 3.40. The largest absolute Gasteiger partial charge is 0.362 e. The van der Waals surface area contributed by atoms with Crippen LogP contribution in [0, 0.1) is 5.41 Å². The van der Waals surface area contributed by atoms with Crippen molar-refractivity contribution in [2.75, 3.05) is 0 Å². The highest BCUT2D eigenvalue weighted by atomic mass is 16.7. The molecule has 0 saturated carbocycles. The van der Waals surface area contributed by atoms with E-state index in [2.05, 4.69) is 12.1 Å². The molecule has 0 radical (unpaired) electrons. The molecule has 2 rings (SSSR count). The standard InChI is InChI=1S/C19H21NO2/c1-14(19(2,3)4)20-22-18(21)17-12-10-16(11-13-17)15-8-6-5-7-9-15/h5-13,20H,1H2,2-4H3. The smallest absolute Gasteiger partial charge is 0.338 e. The van der Waals surface area contributed by atoms with E-state index in [1.165, 1.54) is 0 Å². The van der Waals surface area contributed by atoms with E-state index in [0.717, 1.165) is 11.1 Å². The Morgan fingerprint density at radius 1 is 0.955 bits per heavy atom. The van der Waals surface area contributed by atoms with Gasteiger partial charge in [-0.25, -0.2) is 10.3 Å². The Morgan fingerprint density at radius 3 is 2.05 bits per heavy atom. The van der Waals surface area contributed by atoms with Gasteiger partial charge in [0.2, 0.25) is 0 Å². The summed E-state index contributed by atoms with van der Waals surface area (Å²) in [5.41, 5.74) is 5.77. The van der Waals surface area contributed by atoms with Crippen LogP contribution in [0.1, 0.15) is 31.1 Å². The molecule has 0 aliphatic carbocycles. The van der Waals surface area contributed by atoms with E-state index >= 15 is 0 Å². The van der Waals surface area contributed by atoms with Crippen LogP contribution in [0.3, 0.4) is 0 Å². The summed E-state index contributed by atoms with van der Waals surface area (Å²) < 4.78 is 0. The second kappa shape index (κ2) is 6.48. The Balaban J connectivity index is 2.02. The van der Waals surface area contributed by atoms with Gasteiger partial charge in [0.15, 0.2) is 0 Å². The third-order valence-corrected chi connectivity index (χ3v) is 3.40. The van der Waals surface area contributed by atoms with Gasteiger partial charge in [-0.3, -0.25) is 0 Å². The number of allylic oxidation sites excluding steroid dienone is 1. The molecule has 0 aliphatic heterocycles. The maximum Gasteiger partial charge on any atom is 0.362 e. The van der Waals surface area contributed by atoms with E-state index in [1.807, 2.05) is 63.2 Å². The number of hydrogen-bond donors (Lipinski definition) is 1. The fraction of sp³-hybridized carbons (Fsp3) is 0.211. The van der Waals surface area contributed by atoms with Gasteiger partial charge in [-0.2, -0.15) is 0 Å². The molecule has 3 nitrogen and oxygen atoms in total. The summed E-state index contributed by atoms with van der Waals surface area (Å²) in [5.74, 6) is -0.426. The Labute approximate surface area is 131 Å². The fourth-order valence-electron chi connectivity index (χ4n) is 1.75. The predicted octanol–water partition coefficient (Wildman–Crippen LogP) is 4.57. The van der Waals surface area contributed by atoms with Gasteiger partial charge in [0.05, 0.1) is 5.56 Å². The van der Waals surface area contributed by atoms with Crippen LogP contribution in [0.25, 0.3) is 11.1 Å². The minimum atomic E-state index is -0.426. The van der Waals surface area contributed by atoms with Crippen molar-refractivity contribution in [3.63, 3.8) is 0 Å². The molecule has 0 bridgehead atoms. The first-order valence-electron chi connectivity index (χ1n) is 7.20. The van der Waals surface area contributed by atoms with E-state index in [9.17, 15) is 4.79 Å². The molecule has 22 heavy (non-hydrogen) atoms. The molecule has 114 valence electrons. The van der Waals surface area contributed by atoms with E-state index < -0.39 is 5.97 Å². The lowest BCUT2D eigenvalue weighted by atomic mass is 9.93. The highest BCUT2D eigenvalue weighted by molar-refractivity contribution is 5.89. The van der Waals surface area contributed by atoms with Crippen molar-refractivity contribution in [2.24, 2.45) is 5.41 Å². The average Bonchev–Trinajstić information content (AvgIpc) is 2.52. The van der Waals surface area contributed by atoms with Crippen molar-refractivity contribution in [2.45, 2.75) is 20.8 Å². The fourth-order valence-corrected chi connectivity index (χ4v) is 1.75. The molecule has 0 aliphatic rings. The number of hydroxylamine groups is 1. The molecule has 0 aromatic heterocycles. The van der Waals surface area contributed by atoms with Gasteiger partial charge in [0.25, 0.3) is 0 Å². The number of hydrogen-bond acceptors (Lipinski definition) is 3.